The summed E-state index contributed by atoms with van der Waals surface area (Å²) < 4.78 is 2.07. The maximum atomic E-state index is 12.6. The average Bonchev–Trinajstić information content (AvgIpc) is 3.20. The van der Waals surface area contributed by atoms with Crippen molar-refractivity contribution in [2.45, 2.75) is 38.3 Å². The third kappa shape index (κ3) is 4.67. The van der Waals surface area contributed by atoms with Crippen LogP contribution in [-0.2, 0) is 4.79 Å². The number of aromatic nitrogens is 3. The molecule has 1 amide bonds. The molecule has 0 aliphatic carbocycles. The summed E-state index contributed by atoms with van der Waals surface area (Å²) in [5, 5.41) is 12.7. The first-order valence-corrected chi connectivity index (χ1v) is 11.4. The predicted octanol–water partition coefficient (Wildman–Crippen LogP) is 4.61. The molecule has 0 bridgehead atoms. The molecule has 1 aliphatic heterocycles. The minimum atomic E-state index is -0.0455. The van der Waals surface area contributed by atoms with Crippen LogP contribution in [0.1, 0.15) is 30.4 Å². The molecule has 6 nitrogen and oxygen atoms in total. The highest BCUT2D eigenvalue weighted by atomic mass is 32.2. The fourth-order valence-electron chi connectivity index (χ4n) is 3.64. The zero-order valence-corrected chi connectivity index (χ0v) is 18.3. The fourth-order valence-corrected chi connectivity index (χ4v) is 4.39. The molecule has 1 aromatic heterocycles. The van der Waals surface area contributed by atoms with Crippen molar-refractivity contribution in [3.63, 3.8) is 0 Å². The SMILES string of the molecule is Cc1ccc(C)c(NC(=O)CSc2nnc(N3CCCCC3)n2-c2ccccc2)c1. The Hall–Kier alpha value is -2.80. The van der Waals surface area contributed by atoms with Crippen molar-refractivity contribution in [1.29, 1.82) is 0 Å². The fraction of sp³-hybridized carbons (Fsp3) is 0.348. The highest BCUT2D eigenvalue weighted by molar-refractivity contribution is 7.99. The molecule has 2 aromatic carbocycles. The molecule has 1 fully saturated rings. The number of rotatable bonds is 6. The number of carbonyl (C=O) groups excluding carboxylic acids is 1. The largest absolute Gasteiger partial charge is 0.341 e. The zero-order valence-electron chi connectivity index (χ0n) is 17.5. The van der Waals surface area contributed by atoms with E-state index in [0.29, 0.717) is 0 Å². The summed E-state index contributed by atoms with van der Waals surface area (Å²) in [5.41, 5.74) is 4.05. The number of hydrogen-bond acceptors (Lipinski definition) is 5. The molecule has 0 atom stereocenters. The van der Waals surface area contributed by atoms with Gasteiger partial charge in [-0.05, 0) is 62.4 Å². The van der Waals surface area contributed by atoms with Gasteiger partial charge >= 0.3 is 0 Å². The lowest BCUT2D eigenvalue weighted by atomic mass is 10.1. The van der Waals surface area contributed by atoms with Crippen LogP contribution in [0.15, 0.2) is 53.7 Å². The normalized spacial score (nSPS) is 14.0. The number of amides is 1. The molecule has 30 heavy (non-hydrogen) atoms. The van der Waals surface area contributed by atoms with Gasteiger partial charge < -0.3 is 10.2 Å². The summed E-state index contributed by atoms with van der Waals surface area (Å²) >= 11 is 1.41. The number of benzene rings is 2. The molecule has 7 heteroatoms. The van der Waals surface area contributed by atoms with Crippen LogP contribution < -0.4 is 10.2 Å². The summed E-state index contributed by atoms with van der Waals surface area (Å²) in [6.07, 6.45) is 3.60. The smallest absolute Gasteiger partial charge is 0.234 e. The molecule has 0 radical (unpaired) electrons. The molecule has 1 saturated heterocycles. The average molecular weight is 422 g/mol. The van der Waals surface area contributed by atoms with Crippen molar-refractivity contribution in [3.05, 3.63) is 59.7 Å². The Morgan fingerprint density at radius 1 is 1.03 bits per heavy atom. The van der Waals surface area contributed by atoms with E-state index < -0.39 is 0 Å². The number of anilines is 2. The van der Waals surface area contributed by atoms with Gasteiger partial charge in [0.25, 0.3) is 0 Å². The van der Waals surface area contributed by atoms with Crippen molar-refractivity contribution in [3.8, 4) is 5.69 Å². The van der Waals surface area contributed by atoms with Crippen molar-refractivity contribution in [2.75, 3.05) is 29.1 Å². The summed E-state index contributed by atoms with van der Waals surface area (Å²) in [4.78, 5) is 14.9. The monoisotopic (exact) mass is 421 g/mol. The first-order chi connectivity index (χ1) is 14.6. The van der Waals surface area contributed by atoms with Gasteiger partial charge in [-0.25, -0.2) is 0 Å². The van der Waals surface area contributed by atoms with Gasteiger partial charge in [0.15, 0.2) is 5.16 Å². The van der Waals surface area contributed by atoms with Crippen LogP contribution in [0, 0.1) is 13.8 Å². The quantitative estimate of drug-likeness (QED) is 0.589. The first kappa shape index (κ1) is 20.5. The number of piperidine rings is 1. The van der Waals surface area contributed by atoms with E-state index in [2.05, 4.69) is 37.1 Å². The summed E-state index contributed by atoms with van der Waals surface area (Å²) in [6.45, 7) is 6.00. The van der Waals surface area contributed by atoms with Crippen molar-refractivity contribution in [2.24, 2.45) is 0 Å². The highest BCUT2D eigenvalue weighted by Gasteiger charge is 2.22. The lowest BCUT2D eigenvalue weighted by Crippen LogP contribution is -2.31. The third-order valence-corrected chi connectivity index (χ3v) is 6.20. The van der Waals surface area contributed by atoms with Crippen molar-refractivity contribution < 1.29 is 4.79 Å². The van der Waals surface area contributed by atoms with Gasteiger partial charge in [-0.2, -0.15) is 0 Å². The van der Waals surface area contributed by atoms with E-state index in [9.17, 15) is 4.79 Å². The summed E-state index contributed by atoms with van der Waals surface area (Å²) in [5.74, 6) is 1.09. The number of aryl methyl sites for hydroxylation is 2. The van der Waals surface area contributed by atoms with Crippen LogP contribution in [-0.4, -0.2) is 39.5 Å². The molecule has 2 heterocycles. The molecule has 3 aromatic rings. The Balaban J connectivity index is 1.53. The van der Waals surface area contributed by atoms with E-state index in [1.807, 2.05) is 50.2 Å². The van der Waals surface area contributed by atoms with E-state index in [-0.39, 0.29) is 11.7 Å². The van der Waals surface area contributed by atoms with Gasteiger partial charge in [0, 0.05) is 18.8 Å². The number of carbonyl (C=O) groups is 1. The topological polar surface area (TPSA) is 63.1 Å². The van der Waals surface area contributed by atoms with Gasteiger partial charge in [-0.15, -0.1) is 10.2 Å². The number of nitrogens with zero attached hydrogens (tertiary/aromatic N) is 4. The minimum absolute atomic E-state index is 0.0455. The minimum Gasteiger partial charge on any atom is -0.341 e. The van der Waals surface area contributed by atoms with Crippen LogP contribution in [0.5, 0.6) is 0 Å². The Morgan fingerprint density at radius 3 is 2.57 bits per heavy atom. The molecule has 0 unspecified atom stereocenters. The lowest BCUT2D eigenvalue weighted by Gasteiger charge is -2.27. The lowest BCUT2D eigenvalue weighted by molar-refractivity contribution is -0.113. The van der Waals surface area contributed by atoms with E-state index in [4.69, 9.17) is 0 Å². The molecule has 0 saturated carbocycles. The van der Waals surface area contributed by atoms with Gasteiger partial charge in [0.2, 0.25) is 11.9 Å². The maximum absolute atomic E-state index is 12.6. The first-order valence-electron chi connectivity index (χ1n) is 10.4. The van der Waals surface area contributed by atoms with E-state index in [1.165, 1.54) is 31.0 Å². The van der Waals surface area contributed by atoms with Gasteiger partial charge in [0.05, 0.1) is 11.4 Å². The highest BCUT2D eigenvalue weighted by Crippen LogP contribution is 2.28. The van der Waals surface area contributed by atoms with Crippen LogP contribution >= 0.6 is 11.8 Å². The van der Waals surface area contributed by atoms with Crippen LogP contribution in [0.3, 0.4) is 0 Å². The van der Waals surface area contributed by atoms with Gasteiger partial charge in [-0.3, -0.25) is 9.36 Å². The Kier molecular flexibility index (Phi) is 6.38. The van der Waals surface area contributed by atoms with Crippen molar-refractivity contribution >= 4 is 29.3 Å². The molecule has 1 N–H and O–H groups in total. The Bertz CT molecular complexity index is 1010. The second-order valence-corrected chi connectivity index (χ2v) is 8.60. The predicted molar refractivity (Wildman–Crippen MR) is 123 cm³/mol. The molecule has 1 aliphatic rings. The second-order valence-electron chi connectivity index (χ2n) is 7.66. The Morgan fingerprint density at radius 2 is 1.80 bits per heavy atom. The van der Waals surface area contributed by atoms with Gasteiger partial charge in [0.1, 0.15) is 0 Å². The molecule has 156 valence electrons. The van der Waals surface area contributed by atoms with E-state index in [1.54, 1.807) is 0 Å². The molecular weight excluding hydrogens is 394 g/mol. The summed E-state index contributed by atoms with van der Waals surface area (Å²) in [6, 6.07) is 16.2. The molecule has 4 rings (SSSR count). The van der Waals surface area contributed by atoms with Crippen LogP contribution in [0.2, 0.25) is 0 Å². The number of nitrogens with one attached hydrogen (secondary N) is 1. The zero-order chi connectivity index (χ0) is 20.9. The summed E-state index contributed by atoms with van der Waals surface area (Å²) in [7, 11) is 0. The third-order valence-electron chi connectivity index (χ3n) is 5.27. The standard InChI is InChI=1S/C23H27N5OS/c1-17-11-12-18(2)20(15-17)24-21(29)16-30-23-26-25-22(27-13-7-4-8-14-27)28(23)19-9-5-3-6-10-19/h3,5-6,9-12,15H,4,7-8,13-14,16H2,1-2H3,(H,24,29). The van der Waals surface area contributed by atoms with Crippen LogP contribution in [0.4, 0.5) is 11.6 Å². The Labute approximate surface area is 181 Å². The molecule has 0 spiro atoms. The molecular formula is C23H27N5OS. The number of thioether (sulfide) groups is 1. The van der Waals surface area contributed by atoms with Crippen LogP contribution in [0.25, 0.3) is 5.69 Å². The maximum Gasteiger partial charge on any atom is 0.234 e. The number of para-hydroxylation sites is 1. The second kappa shape index (κ2) is 9.34. The number of hydrogen-bond donors (Lipinski definition) is 1. The van der Waals surface area contributed by atoms with Crippen molar-refractivity contribution in [1.82, 2.24) is 14.8 Å². The van der Waals surface area contributed by atoms with E-state index >= 15 is 0 Å². The van der Waals surface area contributed by atoms with E-state index in [0.717, 1.165) is 46.7 Å². The van der Waals surface area contributed by atoms with Gasteiger partial charge in [-0.1, -0.05) is 42.1 Å².